The van der Waals surface area contributed by atoms with Crippen LogP contribution in [0.4, 0.5) is 0 Å². The van der Waals surface area contributed by atoms with E-state index in [1.54, 1.807) is 18.2 Å². The summed E-state index contributed by atoms with van der Waals surface area (Å²) >= 11 is 0. The van der Waals surface area contributed by atoms with Crippen molar-refractivity contribution in [3.05, 3.63) is 41.5 Å². The maximum absolute atomic E-state index is 12.1. The summed E-state index contributed by atoms with van der Waals surface area (Å²) in [7, 11) is 0. The lowest BCUT2D eigenvalue weighted by Crippen LogP contribution is -2.44. The number of nitrogens with one attached hydrogen (secondary N) is 1. The molecular weight excluding hydrogens is 242 g/mol. The molecule has 1 amide bonds. The monoisotopic (exact) mass is 259 g/mol. The Balaban J connectivity index is 2.57. The van der Waals surface area contributed by atoms with Crippen LogP contribution in [0.1, 0.15) is 36.2 Å². The first-order chi connectivity index (χ1) is 9.04. The van der Waals surface area contributed by atoms with Gasteiger partial charge in [0.25, 0.3) is 5.91 Å². The maximum Gasteiger partial charge on any atom is 0.328 e. The van der Waals surface area contributed by atoms with Crippen molar-refractivity contribution in [1.82, 2.24) is 5.32 Å². The van der Waals surface area contributed by atoms with E-state index in [1.807, 2.05) is 19.9 Å². The first-order valence-corrected chi connectivity index (χ1v) is 6.39. The van der Waals surface area contributed by atoms with Gasteiger partial charge in [-0.3, -0.25) is 4.79 Å². The molecule has 0 spiro atoms. The van der Waals surface area contributed by atoms with E-state index in [9.17, 15) is 9.59 Å². The van der Waals surface area contributed by atoms with Crippen LogP contribution in [-0.2, 0) is 4.79 Å². The Morgan fingerprint density at radius 1 is 1.42 bits per heavy atom. The minimum absolute atomic E-state index is 0.136. The van der Waals surface area contributed by atoms with Crippen LogP contribution in [0.2, 0.25) is 0 Å². The predicted octanol–water partition coefficient (Wildman–Crippen LogP) is 2.31. The average molecular weight is 259 g/mol. The molecule has 2 unspecified atom stereocenters. The molecule has 0 saturated heterocycles. The largest absolute Gasteiger partial charge is 0.478 e. The zero-order valence-electron chi connectivity index (χ0n) is 11.0. The second kappa shape index (κ2) is 5.26. The Morgan fingerprint density at radius 3 is 2.63 bits per heavy atom. The van der Waals surface area contributed by atoms with Gasteiger partial charge in [-0.2, -0.15) is 0 Å². The van der Waals surface area contributed by atoms with E-state index in [0.717, 1.165) is 12.0 Å². The molecule has 1 heterocycles. The fourth-order valence-electron chi connectivity index (χ4n) is 2.38. The van der Waals surface area contributed by atoms with Crippen molar-refractivity contribution in [3.8, 4) is 0 Å². The number of carbonyl (C=O) groups excluding carboxylic acids is 1. The van der Waals surface area contributed by atoms with E-state index in [4.69, 9.17) is 5.11 Å². The van der Waals surface area contributed by atoms with Crippen LogP contribution in [0, 0.1) is 5.92 Å². The van der Waals surface area contributed by atoms with Gasteiger partial charge < -0.3 is 10.4 Å². The molecule has 2 atom stereocenters. The highest BCUT2D eigenvalue weighted by atomic mass is 16.4. The molecule has 100 valence electrons. The van der Waals surface area contributed by atoms with Gasteiger partial charge >= 0.3 is 5.97 Å². The fourth-order valence-corrected chi connectivity index (χ4v) is 2.38. The molecule has 0 aromatic heterocycles. The molecule has 4 nitrogen and oxygen atoms in total. The molecule has 0 fully saturated rings. The first kappa shape index (κ1) is 13.3. The van der Waals surface area contributed by atoms with Gasteiger partial charge in [0.2, 0.25) is 0 Å². The number of carboxylic acid groups (broad SMARTS) is 1. The van der Waals surface area contributed by atoms with Gasteiger partial charge in [0, 0.05) is 11.6 Å². The third kappa shape index (κ3) is 2.52. The zero-order valence-corrected chi connectivity index (χ0v) is 11.0. The highest BCUT2D eigenvalue weighted by Crippen LogP contribution is 2.31. The van der Waals surface area contributed by atoms with E-state index < -0.39 is 5.97 Å². The quantitative estimate of drug-likeness (QED) is 0.819. The molecule has 2 rings (SSSR count). The van der Waals surface area contributed by atoms with Gasteiger partial charge in [-0.25, -0.2) is 4.79 Å². The molecule has 1 aliphatic rings. The van der Waals surface area contributed by atoms with Crippen molar-refractivity contribution < 1.29 is 14.7 Å². The number of benzene rings is 1. The van der Waals surface area contributed by atoms with Crippen LogP contribution >= 0.6 is 0 Å². The summed E-state index contributed by atoms with van der Waals surface area (Å²) in [6.45, 7) is 4.03. The van der Waals surface area contributed by atoms with Crippen molar-refractivity contribution in [1.29, 1.82) is 0 Å². The second-order valence-corrected chi connectivity index (χ2v) is 4.82. The predicted molar refractivity (Wildman–Crippen MR) is 72.8 cm³/mol. The Bertz CT molecular complexity index is 548. The van der Waals surface area contributed by atoms with Gasteiger partial charge in [0.15, 0.2) is 0 Å². The summed E-state index contributed by atoms with van der Waals surface area (Å²) in [5, 5.41) is 11.9. The summed E-state index contributed by atoms with van der Waals surface area (Å²) in [4.78, 5) is 23.1. The van der Waals surface area contributed by atoms with E-state index in [-0.39, 0.29) is 17.9 Å². The van der Waals surface area contributed by atoms with Crippen molar-refractivity contribution in [2.75, 3.05) is 0 Å². The molecule has 0 saturated carbocycles. The number of fused-ring (bicyclic) bond motifs is 1. The molecule has 0 bridgehead atoms. The van der Waals surface area contributed by atoms with Gasteiger partial charge in [0.05, 0.1) is 6.04 Å². The number of amides is 1. The number of aliphatic carboxylic acids is 1. The summed E-state index contributed by atoms with van der Waals surface area (Å²) in [5.41, 5.74) is 1.94. The minimum atomic E-state index is -0.991. The topological polar surface area (TPSA) is 66.4 Å². The Kier molecular flexibility index (Phi) is 3.69. The van der Waals surface area contributed by atoms with Gasteiger partial charge in [-0.15, -0.1) is 0 Å². The molecule has 1 aromatic carbocycles. The van der Waals surface area contributed by atoms with Crippen molar-refractivity contribution >= 4 is 17.4 Å². The van der Waals surface area contributed by atoms with Gasteiger partial charge in [-0.05, 0) is 23.1 Å². The molecular formula is C15H17NO3. The number of carbonyl (C=O) groups is 2. The van der Waals surface area contributed by atoms with Crippen LogP contribution in [0.25, 0.3) is 5.57 Å². The van der Waals surface area contributed by atoms with Crippen LogP contribution in [0.3, 0.4) is 0 Å². The number of hydrogen-bond acceptors (Lipinski definition) is 2. The molecule has 4 heteroatoms. The number of hydrogen-bond donors (Lipinski definition) is 2. The lowest BCUT2D eigenvalue weighted by Gasteiger charge is -2.32. The Morgan fingerprint density at radius 2 is 2.05 bits per heavy atom. The second-order valence-electron chi connectivity index (χ2n) is 4.82. The standard InChI is InChI=1S/C15H17NO3/c1-3-9(2)14-12(8-13(17)18)10-6-4-5-7-11(10)15(19)16-14/h4-9,14H,3H2,1-2H3,(H,16,19)(H,17,18)/b12-8+. The highest BCUT2D eigenvalue weighted by Gasteiger charge is 2.31. The van der Waals surface area contributed by atoms with Crippen molar-refractivity contribution in [2.24, 2.45) is 5.92 Å². The Hall–Kier alpha value is -2.10. The van der Waals surface area contributed by atoms with E-state index in [2.05, 4.69) is 5.32 Å². The normalized spacial score (nSPS) is 21.7. The molecule has 1 aromatic rings. The van der Waals surface area contributed by atoms with E-state index >= 15 is 0 Å². The smallest absolute Gasteiger partial charge is 0.328 e. The summed E-state index contributed by atoms with van der Waals surface area (Å²) in [6, 6.07) is 6.87. The number of carboxylic acids is 1. The third-order valence-electron chi connectivity index (χ3n) is 3.60. The molecule has 0 radical (unpaired) electrons. The van der Waals surface area contributed by atoms with Crippen LogP contribution < -0.4 is 5.32 Å². The molecule has 0 aliphatic carbocycles. The van der Waals surface area contributed by atoms with E-state index in [1.165, 1.54) is 6.08 Å². The molecule has 2 N–H and O–H groups in total. The lowest BCUT2D eigenvalue weighted by atomic mass is 9.82. The molecule has 1 aliphatic heterocycles. The molecule has 19 heavy (non-hydrogen) atoms. The van der Waals surface area contributed by atoms with Gasteiger partial charge in [-0.1, -0.05) is 38.5 Å². The van der Waals surface area contributed by atoms with Gasteiger partial charge in [0.1, 0.15) is 0 Å². The maximum atomic E-state index is 12.1. The highest BCUT2D eigenvalue weighted by molar-refractivity contribution is 6.06. The first-order valence-electron chi connectivity index (χ1n) is 6.39. The summed E-state index contributed by atoms with van der Waals surface area (Å²) in [6.07, 6.45) is 2.07. The minimum Gasteiger partial charge on any atom is -0.478 e. The lowest BCUT2D eigenvalue weighted by molar-refractivity contribution is -0.131. The van der Waals surface area contributed by atoms with Crippen LogP contribution in [0.15, 0.2) is 30.3 Å². The van der Waals surface area contributed by atoms with Crippen LogP contribution in [0.5, 0.6) is 0 Å². The Labute approximate surface area is 112 Å². The average Bonchev–Trinajstić information content (AvgIpc) is 2.40. The van der Waals surface area contributed by atoms with Crippen molar-refractivity contribution in [3.63, 3.8) is 0 Å². The summed E-state index contributed by atoms with van der Waals surface area (Å²) in [5.74, 6) is -0.944. The summed E-state index contributed by atoms with van der Waals surface area (Å²) < 4.78 is 0. The fraction of sp³-hybridized carbons (Fsp3) is 0.333. The van der Waals surface area contributed by atoms with E-state index in [0.29, 0.717) is 11.1 Å². The SMILES string of the molecule is CCC(C)C1NC(=O)c2ccccc2/C1=C\C(=O)O. The van der Waals surface area contributed by atoms with Crippen molar-refractivity contribution in [2.45, 2.75) is 26.3 Å². The third-order valence-corrected chi connectivity index (χ3v) is 3.60. The zero-order chi connectivity index (χ0) is 14.0. The number of rotatable bonds is 3. The van der Waals surface area contributed by atoms with Crippen LogP contribution in [-0.4, -0.2) is 23.0 Å².